The van der Waals surface area contributed by atoms with Crippen LogP contribution in [0.15, 0.2) is 24.4 Å². The molecule has 0 aliphatic carbocycles. The molecule has 11 heteroatoms. The summed E-state index contributed by atoms with van der Waals surface area (Å²) >= 11 is 12.9. The number of piperidine rings is 1. The van der Waals surface area contributed by atoms with E-state index in [0.29, 0.717) is 43.2 Å². The topological polar surface area (TPSA) is 97.8 Å². The number of anilines is 1. The Kier molecular flexibility index (Phi) is 8.67. The lowest BCUT2D eigenvalue weighted by atomic mass is 9.94. The fraction of sp³-hybridized carbons (Fsp3) is 0.478. The van der Waals surface area contributed by atoms with Crippen molar-refractivity contribution in [3.63, 3.8) is 0 Å². The highest BCUT2D eigenvalue weighted by Crippen LogP contribution is 2.42. The summed E-state index contributed by atoms with van der Waals surface area (Å²) < 4.78 is 36.0. The first-order chi connectivity index (χ1) is 16.0. The maximum Gasteiger partial charge on any atom is 0.224 e. The second-order valence-corrected chi connectivity index (χ2v) is 11.4. The molecule has 1 aromatic carbocycles. The fourth-order valence-electron chi connectivity index (χ4n) is 3.84. The number of nitrogens with one attached hydrogen (secondary N) is 1. The van der Waals surface area contributed by atoms with E-state index in [9.17, 15) is 13.2 Å². The Morgan fingerprint density at radius 3 is 2.53 bits per heavy atom. The van der Waals surface area contributed by atoms with Gasteiger partial charge in [-0.15, -0.1) is 0 Å². The number of methoxy groups -OCH3 is 1. The third kappa shape index (κ3) is 6.53. The second kappa shape index (κ2) is 11.1. The number of carbonyl (C=O) groups excluding carboxylic acids is 1. The molecule has 1 aromatic heterocycles. The molecule has 0 saturated carbocycles. The van der Waals surface area contributed by atoms with Crippen LogP contribution in [0, 0.1) is 5.92 Å². The van der Waals surface area contributed by atoms with Gasteiger partial charge >= 0.3 is 0 Å². The summed E-state index contributed by atoms with van der Waals surface area (Å²) in [5.74, 6) is 1.22. The summed E-state index contributed by atoms with van der Waals surface area (Å²) in [5.41, 5.74) is 1.25. The van der Waals surface area contributed by atoms with Crippen molar-refractivity contribution in [3.05, 3.63) is 40.0 Å². The zero-order valence-corrected chi connectivity index (χ0v) is 21.9. The van der Waals surface area contributed by atoms with E-state index in [0.717, 1.165) is 5.56 Å². The molecule has 3 rings (SSSR count). The van der Waals surface area contributed by atoms with Gasteiger partial charge < -0.3 is 14.8 Å². The number of rotatable bonds is 8. The molecule has 2 heterocycles. The van der Waals surface area contributed by atoms with Gasteiger partial charge in [-0.2, -0.15) is 0 Å². The van der Waals surface area contributed by atoms with Gasteiger partial charge in [-0.25, -0.2) is 17.7 Å². The van der Waals surface area contributed by atoms with Gasteiger partial charge in [-0.05, 0) is 42.9 Å². The van der Waals surface area contributed by atoms with Gasteiger partial charge in [0.05, 0.1) is 30.3 Å². The smallest absolute Gasteiger partial charge is 0.224 e. The van der Waals surface area contributed by atoms with Crippen LogP contribution in [-0.4, -0.2) is 50.1 Å². The van der Waals surface area contributed by atoms with Crippen LogP contribution in [0.3, 0.4) is 0 Å². The van der Waals surface area contributed by atoms with Gasteiger partial charge in [0.2, 0.25) is 21.8 Å². The van der Waals surface area contributed by atoms with Crippen LogP contribution in [0.2, 0.25) is 10.0 Å². The molecule has 0 unspecified atom stereocenters. The first-order valence-corrected chi connectivity index (χ1v) is 13.5. The van der Waals surface area contributed by atoms with E-state index in [1.165, 1.54) is 16.8 Å². The maximum atomic E-state index is 12.7. The highest BCUT2D eigenvalue weighted by molar-refractivity contribution is 7.88. The van der Waals surface area contributed by atoms with Crippen LogP contribution in [0.5, 0.6) is 17.4 Å². The molecular weight excluding hydrogens is 501 g/mol. The zero-order valence-electron chi connectivity index (χ0n) is 19.6. The van der Waals surface area contributed by atoms with Gasteiger partial charge in [-0.1, -0.05) is 37.0 Å². The first-order valence-electron chi connectivity index (χ1n) is 10.9. The second-order valence-electron chi connectivity index (χ2n) is 8.62. The highest BCUT2D eigenvalue weighted by atomic mass is 35.5. The van der Waals surface area contributed by atoms with E-state index in [1.807, 2.05) is 19.9 Å². The van der Waals surface area contributed by atoms with Crippen LogP contribution in [0.1, 0.15) is 44.6 Å². The molecule has 1 fully saturated rings. The lowest BCUT2D eigenvalue weighted by Gasteiger charge is -2.29. The molecule has 1 aliphatic heterocycles. The van der Waals surface area contributed by atoms with Gasteiger partial charge in [0, 0.05) is 25.1 Å². The molecule has 34 heavy (non-hydrogen) atoms. The van der Waals surface area contributed by atoms with Gasteiger partial charge in [0.15, 0.2) is 5.75 Å². The van der Waals surface area contributed by atoms with Crippen molar-refractivity contribution in [1.29, 1.82) is 0 Å². The van der Waals surface area contributed by atoms with Crippen LogP contribution in [0.25, 0.3) is 0 Å². The Balaban J connectivity index is 1.70. The van der Waals surface area contributed by atoms with Gasteiger partial charge in [0.1, 0.15) is 10.8 Å². The van der Waals surface area contributed by atoms with Crippen LogP contribution >= 0.6 is 23.2 Å². The number of benzene rings is 1. The minimum Gasteiger partial charge on any atom is -0.481 e. The summed E-state index contributed by atoms with van der Waals surface area (Å²) in [5, 5.41) is 3.29. The Hall–Kier alpha value is -2.07. The molecule has 8 nitrogen and oxygen atoms in total. The van der Waals surface area contributed by atoms with Crippen LogP contribution in [0.4, 0.5) is 5.69 Å². The number of halogens is 2. The summed E-state index contributed by atoms with van der Waals surface area (Å²) in [4.78, 5) is 16.9. The zero-order chi connectivity index (χ0) is 25.0. The number of hydrogen-bond acceptors (Lipinski definition) is 6. The summed E-state index contributed by atoms with van der Waals surface area (Å²) in [7, 11) is -1.64. The standard InChI is InChI=1S/C23H29Cl2N3O5S/c1-14(2)17-12-16(13-26-23(17)32-3)33-22-18(24)5-6-19(21(22)25)27-20(29)11-15-7-9-28(10-8-15)34(4,30)31/h5-6,12-15H,7-11H2,1-4H3,(H,27,29). The number of sulfonamides is 1. The largest absolute Gasteiger partial charge is 0.481 e. The quantitative estimate of drug-likeness (QED) is 0.497. The van der Waals surface area contributed by atoms with Crippen molar-refractivity contribution < 1.29 is 22.7 Å². The van der Waals surface area contributed by atoms with Crippen molar-refractivity contribution in [2.75, 3.05) is 31.8 Å². The van der Waals surface area contributed by atoms with E-state index in [1.54, 1.807) is 19.2 Å². The maximum absolute atomic E-state index is 12.7. The fourth-order valence-corrected chi connectivity index (χ4v) is 5.21. The monoisotopic (exact) mass is 529 g/mol. The Morgan fingerprint density at radius 2 is 1.94 bits per heavy atom. The minimum atomic E-state index is -3.20. The molecule has 1 saturated heterocycles. The van der Waals surface area contributed by atoms with Gasteiger partial charge in [-0.3, -0.25) is 4.79 Å². The highest BCUT2D eigenvalue weighted by Gasteiger charge is 2.26. The number of ether oxygens (including phenoxy) is 2. The Morgan fingerprint density at radius 1 is 1.26 bits per heavy atom. The van der Waals surface area contributed by atoms with Crippen molar-refractivity contribution >= 4 is 44.8 Å². The lowest BCUT2D eigenvalue weighted by molar-refractivity contribution is -0.117. The van der Waals surface area contributed by atoms with Crippen molar-refractivity contribution in [2.24, 2.45) is 5.92 Å². The first kappa shape index (κ1) is 26.5. The molecular formula is C23H29Cl2N3O5S. The molecule has 0 atom stereocenters. The number of hydrogen-bond donors (Lipinski definition) is 1. The van der Waals surface area contributed by atoms with Crippen LogP contribution in [-0.2, 0) is 14.8 Å². The van der Waals surface area contributed by atoms with Gasteiger partial charge in [0.25, 0.3) is 0 Å². The average Bonchev–Trinajstić information content (AvgIpc) is 2.78. The van der Waals surface area contributed by atoms with E-state index in [4.69, 9.17) is 32.7 Å². The van der Waals surface area contributed by atoms with Crippen molar-refractivity contribution in [3.8, 4) is 17.4 Å². The SMILES string of the molecule is COc1ncc(Oc2c(Cl)ccc(NC(=O)CC3CCN(S(C)(=O)=O)CC3)c2Cl)cc1C(C)C. The summed E-state index contributed by atoms with van der Waals surface area (Å²) in [6.07, 6.45) is 4.25. The van der Waals surface area contributed by atoms with Crippen molar-refractivity contribution in [1.82, 2.24) is 9.29 Å². The van der Waals surface area contributed by atoms with E-state index in [-0.39, 0.29) is 40.0 Å². The molecule has 1 amide bonds. The third-order valence-corrected chi connectivity index (χ3v) is 7.70. The predicted molar refractivity (Wildman–Crippen MR) is 134 cm³/mol. The normalized spacial score (nSPS) is 15.4. The number of amides is 1. The molecule has 0 bridgehead atoms. The Labute approximate surface area is 210 Å². The molecule has 1 aliphatic rings. The molecule has 1 N–H and O–H groups in total. The van der Waals surface area contributed by atoms with Crippen molar-refractivity contribution in [2.45, 2.75) is 39.0 Å². The molecule has 2 aromatic rings. The third-order valence-electron chi connectivity index (χ3n) is 5.73. The van der Waals surface area contributed by atoms with E-state index >= 15 is 0 Å². The number of pyridine rings is 1. The van der Waals surface area contributed by atoms with Crippen LogP contribution < -0.4 is 14.8 Å². The summed E-state index contributed by atoms with van der Waals surface area (Å²) in [6.45, 7) is 4.88. The number of aromatic nitrogens is 1. The number of carbonyl (C=O) groups is 1. The predicted octanol–water partition coefficient (Wildman–Crippen LogP) is 5.31. The summed E-state index contributed by atoms with van der Waals surface area (Å²) in [6, 6.07) is 5.04. The van der Waals surface area contributed by atoms with E-state index in [2.05, 4.69) is 10.3 Å². The lowest BCUT2D eigenvalue weighted by Crippen LogP contribution is -2.38. The molecule has 0 radical (unpaired) electrons. The molecule has 0 spiro atoms. The average molecular weight is 530 g/mol. The van der Waals surface area contributed by atoms with E-state index < -0.39 is 10.0 Å². The minimum absolute atomic E-state index is 0.0969. The Bertz CT molecular complexity index is 1150. The molecule has 186 valence electrons. The number of nitrogens with zero attached hydrogens (tertiary/aromatic N) is 2.